The van der Waals surface area contributed by atoms with Crippen molar-refractivity contribution < 1.29 is 14.7 Å². The Bertz CT molecular complexity index is 271. The number of nitrogens with one attached hydrogen (secondary N) is 1. The normalized spacial score (nSPS) is 20.1. The molecule has 17 heavy (non-hydrogen) atoms. The van der Waals surface area contributed by atoms with E-state index in [9.17, 15) is 9.59 Å². The van der Waals surface area contributed by atoms with Crippen LogP contribution in [-0.2, 0) is 9.59 Å². The molecule has 1 rings (SSSR count). The molecule has 0 spiro atoms. The molecule has 100 valence electrons. The predicted molar refractivity (Wildman–Crippen MR) is 67.3 cm³/mol. The first-order valence-corrected chi connectivity index (χ1v) is 5.74. The highest BCUT2D eigenvalue weighted by molar-refractivity contribution is 5.85. The number of carbonyl (C=O) groups excluding carboxylic acids is 1. The van der Waals surface area contributed by atoms with Gasteiger partial charge in [0.1, 0.15) is 6.04 Å². The molecule has 5 nitrogen and oxygen atoms in total. The molecule has 0 aromatic rings. The molecule has 1 aliphatic rings. The van der Waals surface area contributed by atoms with Gasteiger partial charge in [-0.3, -0.25) is 14.5 Å². The molecule has 0 aromatic carbocycles. The lowest BCUT2D eigenvalue weighted by atomic mass is 10.2. The van der Waals surface area contributed by atoms with Gasteiger partial charge in [-0.25, -0.2) is 0 Å². The van der Waals surface area contributed by atoms with Crippen LogP contribution in [0, 0.1) is 5.92 Å². The fraction of sp³-hybridized carbons (Fsp3) is 0.818. The molecular formula is C11H21ClN2O3. The number of carboxylic acids is 1. The Morgan fingerprint density at radius 2 is 2.12 bits per heavy atom. The molecule has 1 amide bonds. The molecule has 0 radical (unpaired) electrons. The van der Waals surface area contributed by atoms with Crippen LogP contribution in [0.4, 0.5) is 0 Å². The van der Waals surface area contributed by atoms with Crippen molar-refractivity contribution in [3.63, 3.8) is 0 Å². The second kappa shape index (κ2) is 7.50. The summed E-state index contributed by atoms with van der Waals surface area (Å²) in [6.07, 6.45) is 1.50. The lowest BCUT2D eigenvalue weighted by Gasteiger charge is -2.20. The van der Waals surface area contributed by atoms with Crippen molar-refractivity contribution in [3.05, 3.63) is 0 Å². The standard InChI is InChI=1S/C11H20N2O3.ClH/c1-8(2)6-12-10(14)7-13-5-3-4-9(13)11(15)16;/h8-9H,3-7H2,1-2H3,(H,12,14)(H,15,16);1H. The van der Waals surface area contributed by atoms with Crippen LogP contribution in [0.5, 0.6) is 0 Å². The molecule has 0 aliphatic carbocycles. The van der Waals surface area contributed by atoms with Gasteiger partial charge < -0.3 is 10.4 Å². The SMILES string of the molecule is CC(C)CNC(=O)CN1CCCC1C(=O)O.Cl. The third-order valence-electron chi connectivity index (χ3n) is 2.70. The van der Waals surface area contributed by atoms with Crippen molar-refractivity contribution in [1.82, 2.24) is 10.2 Å². The zero-order valence-corrected chi connectivity index (χ0v) is 11.1. The van der Waals surface area contributed by atoms with Crippen molar-refractivity contribution in [2.45, 2.75) is 32.7 Å². The molecule has 1 saturated heterocycles. The van der Waals surface area contributed by atoms with Gasteiger partial charge in [0.15, 0.2) is 0 Å². The summed E-state index contributed by atoms with van der Waals surface area (Å²) in [6, 6.07) is -0.482. The second-order valence-corrected chi connectivity index (χ2v) is 4.66. The van der Waals surface area contributed by atoms with Gasteiger partial charge in [-0.15, -0.1) is 12.4 Å². The van der Waals surface area contributed by atoms with E-state index in [1.165, 1.54) is 0 Å². The summed E-state index contributed by atoms with van der Waals surface area (Å²) >= 11 is 0. The van der Waals surface area contributed by atoms with Gasteiger partial charge in [0.25, 0.3) is 0 Å². The molecule has 6 heteroatoms. The van der Waals surface area contributed by atoms with E-state index in [1.807, 2.05) is 13.8 Å². The molecule has 0 bridgehead atoms. The van der Waals surface area contributed by atoms with Crippen LogP contribution in [0.1, 0.15) is 26.7 Å². The average Bonchev–Trinajstić information content (AvgIpc) is 2.62. The molecule has 0 saturated carbocycles. The number of likely N-dealkylation sites (tertiary alicyclic amines) is 1. The topological polar surface area (TPSA) is 69.6 Å². The molecule has 0 aromatic heterocycles. The van der Waals surface area contributed by atoms with E-state index in [4.69, 9.17) is 5.11 Å². The van der Waals surface area contributed by atoms with Gasteiger partial charge >= 0.3 is 5.97 Å². The minimum atomic E-state index is -0.825. The van der Waals surface area contributed by atoms with Crippen molar-refractivity contribution >= 4 is 24.3 Å². The maximum absolute atomic E-state index is 11.5. The van der Waals surface area contributed by atoms with Gasteiger partial charge in [0.2, 0.25) is 5.91 Å². The Kier molecular flexibility index (Phi) is 7.15. The summed E-state index contributed by atoms with van der Waals surface area (Å²) in [4.78, 5) is 24.1. The zero-order chi connectivity index (χ0) is 12.1. The monoisotopic (exact) mass is 264 g/mol. The third kappa shape index (κ3) is 5.37. The van der Waals surface area contributed by atoms with Crippen LogP contribution in [0.15, 0.2) is 0 Å². The summed E-state index contributed by atoms with van der Waals surface area (Å²) in [5.41, 5.74) is 0. The van der Waals surface area contributed by atoms with Crippen molar-refractivity contribution in [2.24, 2.45) is 5.92 Å². The largest absolute Gasteiger partial charge is 0.480 e. The van der Waals surface area contributed by atoms with E-state index < -0.39 is 12.0 Å². The number of rotatable bonds is 5. The first-order valence-electron chi connectivity index (χ1n) is 5.74. The molecule has 1 unspecified atom stereocenters. The highest BCUT2D eigenvalue weighted by Gasteiger charge is 2.31. The minimum absolute atomic E-state index is 0. The van der Waals surface area contributed by atoms with Gasteiger partial charge in [0.05, 0.1) is 6.54 Å². The maximum Gasteiger partial charge on any atom is 0.320 e. The van der Waals surface area contributed by atoms with Crippen LogP contribution in [0.2, 0.25) is 0 Å². The molecule has 1 fully saturated rings. The zero-order valence-electron chi connectivity index (χ0n) is 10.3. The van der Waals surface area contributed by atoms with Gasteiger partial charge in [-0.2, -0.15) is 0 Å². The van der Waals surface area contributed by atoms with E-state index in [0.29, 0.717) is 25.4 Å². The molecule has 1 heterocycles. The summed E-state index contributed by atoms with van der Waals surface area (Å²) in [5.74, 6) is -0.492. The molecule has 1 atom stereocenters. The number of nitrogens with zero attached hydrogens (tertiary/aromatic N) is 1. The van der Waals surface area contributed by atoms with Crippen LogP contribution in [-0.4, -0.2) is 47.6 Å². The van der Waals surface area contributed by atoms with Gasteiger partial charge in [-0.1, -0.05) is 13.8 Å². The highest BCUT2D eigenvalue weighted by atomic mass is 35.5. The Balaban J connectivity index is 0.00000256. The van der Waals surface area contributed by atoms with E-state index >= 15 is 0 Å². The minimum Gasteiger partial charge on any atom is -0.480 e. The summed E-state index contributed by atoms with van der Waals surface area (Å²) < 4.78 is 0. The van der Waals surface area contributed by atoms with E-state index in [1.54, 1.807) is 4.90 Å². The number of halogens is 1. The number of hydrogen-bond acceptors (Lipinski definition) is 3. The number of hydrogen-bond donors (Lipinski definition) is 2. The second-order valence-electron chi connectivity index (χ2n) is 4.66. The third-order valence-corrected chi connectivity index (χ3v) is 2.70. The van der Waals surface area contributed by atoms with Gasteiger partial charge in [-0.05, 0) is 25.3 Å². The molecule has 1 aliphatic heterocycles. The fourth-order valence-corrected chi connectivity index (χ4v) is 1.85. The van der Waals surface area contributed by atoms with Crippen molar-refractivity contribution in [2.75, 3.05) is 19.6 Å². The van der Waals surface area contributed by atoms with Crippen LogP contribution >= 0.6 is 12.4 Å². The van der Waals surface area contributed by atoms with Crippen molar-refractivity contribution in [1.29, 1.82) is 0 Å². The van der Waals surface area contributed by atoms with Crippen LogP contribution < -0.4 is 5.32 Å². The number of carbonyl (C=O) groups is 2. The Morgan fingerprint density at radius 1 is 1.47 bits per heavy atom. The Labute approximate surface area is 108 Å². The maximum atomic E-state index is 11.5. The first-order chi connectivity index (χ1) is 7.50. The number of aliphatic carboxylic acids is 1. The smallest absolute Gasteiger partial charge is 0.320 e. The average molecular weight is 265 g/mol. The lowest BCUT2D eigenvalue weighted by Crippen LogP contribution is -2.43. The predicted octanol–water partition coefficient (Wildman–Crippen LogP) is 0.729. The van der Waals surface area contributed by atoms with Gasteiger partial charge in [0, 0.05) is 6.54 Å². The molecular weight excluding hydrogens is 244 g/mol. The van der Waals surface area contributed by atoms with Crippen molar-refractivity contribution in [3.8, 4) is 0 Å². The highest BCUT2D eigenvalue weighted by Crippen LogP contribution is 2.16. The van der Waals surface area contributed by atoms with E-state index in [0.717, 1.165) is 6.42 Å². The Hall–Kier alpha value is -0.810. The Morgan fingerprint density at radius 3 is 2.65 bits per heavy atom. The molecule has 2 N–H and O–H groups in total. The summed E-state index contributed by atoms with van der Waals surface area (Å²) in [7, 11) is 0. The van der Waals surface area contributed by atoms with E-state index in [-0.39, 0.29) is 24.9 Å². The first kappa shape index (κ1) is 16.2. The van der Waals surface area contributed by atoms with Crippen LogP contribution in [0.25, 0.3) is 0 Å². The van der Waals surface area contributed by atoms with E-state index in [2.05, 4.69) is 5.32 Å². The quantitative estimate of drug-likeness (QED) is 0.768. The van der Waals surface area contributed by atoms with Crippen LogP contribution in [0.3, 0.4) is 0 Å². The lowest BCUT2D eigenvalue weighted by molar-refractivity contribution is -0.142. The number of amides is 1. The summed E-state index contributed by atoms with van der Waals surface area (Å²) in [5, 5.41) is 11.7. The summed E-state index contributed by atoms with van der Waals surface area (Å²) in [6.45, 7) is 5.59. The fourth-order valence-electron chi connectivity index (χ4n) is 1.85. The number of carboxylic acid groups (broad SMARTS) is 1.